The first kappa shape index (κ1) is 13.3. The molecule has 0 spiro atoms. The van der Waals surface area contributed by atoms with E-state index in [1.165, 1.54) is 6.42 Å². The smallest absolute Gasteiger partial charge is 0.0551 e. The van der Waals surface area contributed by atoms with Gasteiger partial charge in [-0.05, 0) is 58.4 Å². The van der Waals surface area contributed by atoms with Crippen molar-refractivity contribution in [2.75, 3.05) is 13.1 Å². The van der Waals surface area contributed by atoms with Crippen molar-refractivity contribution in [2.24, 2.45) is 17.6 Å². The van der Waals surface area contributed by atoms with E-state index in [0.29, 0.717) is 6.54 Å². The van der Waals surface area contributed by atoms with Gasteiger partial charge in [0.2, 0.25) is 0 Å². The van der Waals surface area contributed by atoms with Crippen LogP contribution in [-0.4, -0.2) is 13.1 Å². The van der Waals surface area contributed by atoms with Crippen LogP contribution in [0.2, 0.25) is 5.02 Å². The van der Waals surface area contributed by atoms with Gasteiger partial charge in [-0.25, -0.2) is 0 Å². The van der Waals surface area contributed by atoms with Crippen LogP contribution < -0.4 is 11.1 Å². The highest BCUT2D eigenvalue weighted by atomic mass is 79.9. The van der Waals surface area contributed by atoms with Crippen molar-refractivity contribution in [3.8, 4) is 0 Å². The van der Waals surface area contributed by atoms with Gasteiger partial charge < -0.3 is 11.1 Å². The zero-order chi connectivity index (χ0) is 12.4. The minimum absolute atomic E-state index is 0.202. The largest absolute Gasteiger partial charge is 0.329 e. The van der Waals surface area contributed by atoms with E-state index in [0.717, 1.165) is 33.4 Å². The quantitative estimate of drug-likeness (QED) is 0.874. The van der Waals surface area contributed by atoms with Crippen molar-refractivity contribution in [2.45, 2.75) is 19.4 Å². The Morgan fingerprint density at radius 3 is 2.82 bits per heavy atom. The lowest BCUT2D eigenvalue weighted by Crippen LogP contribution is -2.30. The Kier molecular flexibility index (Phi) is 4.47. The molecule has 3 N–H and O–H groups in total. The van der Waals surface area contributed by atoms with Gasteiger partial charge >= 0.3 is 0 Å². The van der Waals surface area contributed by atoms with Crippen LogP contribution in [0.5, 0.6) is 0 Å². The van der Waals surface area contributed by atoms with Gasteiger partial charge in [0.15, 0.2) is 0 Å². The van der Waals surface area contributed by atoms with Crippen molar-refractivity contribution in [1.82, 2.24) is 5.32 Å². The molecule has 0 aromatic heterocycles. The Hall–Kier alpha value is -0.0900. The molecule has 0 aliphatic heterocycles. The molecule has 94 valence electrons. The number of rotatable bonds is 5. The predicted molar refractivity (Wildman–Crippen MR) is 76.2 cm³/mol. The third-order valence-electron chi connectivity index (χ3n) is 3.48. The zero-order valence-electron chi connectivity index (χ0n) is 9.92. The Balaban J connectivity index is 1.98. The van der Waals surface area contributed by atoms with E-state index in [-0.39, 0.29) is 6.04 Å². The maximum absolute atomic E-state index is 6.10. The minimum Gasteiger partial charge on any atom is -0.329 e. The molecule has 0 radical (unpaired) electrons. The Labute approximate surface area is 116 Å². The zero-order valence-corrected chi connectivity index (χ0v) is 12.3. The summed E-state index contributed by atoms with van der Waals surface area (Å²) in [5.74, 6) is 1.70. The van der Waals surface area contributed by atoms with Crippen molar-refractivity contribution >= 4 is 27.5 Å². The summed E-state index contributed by atoms with van der Waals surface area (Å²) in [5, 5.41) is 4.26. The molecule has 3 atom stereocenters. The summed E-state index contributed by atoms with van der Waals surface area (Å²) in [6, 6.07) is 6.22. The van der Waals surface area contributed by atoms with Crippen LogP contribution in [0.15, 0.2) is 22.7 Å². The summed E-state index contributed by atoms with van der Waals surface area (Å²) in [4.78, 5) is 0. The molecule has 4 heteroatoms. The summed E-state index contributed by atoms with van der Waals surface area (Å²) >= 11 is 9.49. The second-order valence-corrected chi connectivity index (χ2v) is 6.10. The first-order chi connectivity index (χ1) is 8.11. The lowest BCUT2D eigenvalue weighted by Gasteiger charge is -2.18. The average Bonchev–Trinajstić information content (AvgIpc) is 3.00. The molecule has 0 saturated heterocycles. The molecule has 1 aromatic rings. The monoisotopic (exact) mass is 316 g/mol. The van der Waals surface area contributed by atoms with Crippen molar-refractivity contribution in [3.05, 3.63) is 33.3 Å². The summed E-state index contributed by atoms with van der Waals surface area (Å²) in [6.07, 6.45) is 1.34. The molecule has 17 heavy (non-hydrogen) atoms. The van der Waals surface area contributed by atoms with E-state index in [1.54, 1.807) is 0 Å². The molecule has 1 aliphatic carbocycles. The number of hydrogen-bond donors (Lipinski definition) is 2. The third-order valence-corrected chi connectivity index (χ3v) is 4.72. The summed E-state index contributed by atoms with van der Waals surface area (Å²) in [5.41, 5.74) is 6.98. The topological polar surface area (TPSA) is 38.0 Å². The van der Waals surface area contributed by atoms with Crippen molar-refractivity contribution in [1.29, 1.82) is 0 Å². The SMILES string of the molecule is CC1CC1CNC(CN)c1ccc(Br)c(Cl)c1. The maximum Gasteiger partial charge on any atom is 0.0551 e. The lowest BCUT2D eigenvalue weighted by atomic mass is 10.1. The maximum atomic E-state index is 6.10. The van der Waals surface area contributed by atoms with E-state index in [9.17, 15) is 0 Å². The molecular weight excluding hydrogens is 300 g/mol. The Bertz CT molecular complexity index is 397. The van der Waals surface area contributed by atoms with E-state index < -0.39 is 0 Å². The molecule has 1 fully saturated rings. The fourth-order valence-electron chi connectivity index (χ4n) is 2.04. The second-order valence-electron chi connectivity index (χ2n) is 4.84. The van der Waals surface area contributed by atoms with Gasteiger partial charge in [0, 0.05) is 17.1 Å². The fraction of sp³-hybridized carbons (Fsp3) is 0.538. The molecule has 2 nitrogen and oxygen atoms in total. The molecule has 0 amide bonds. The van der Waals surface area contributed by atoms with Crippen molar-refractivity contribution in [3.63, 3.8) is 0 Å². The minimum atomic E-state index is 0.202. The number of halogens is 2. The van der Waals surface area contributed by atoms with E-state index >= 15 is 0 Å². The summed E-state index contributed by atoms with van der Waals surface area (Å²) in [7, 11) is 0. The van der Waals surface area contributed by atoms with Gasteiger partial charge in [-0.2, -0.15) is 0 Å². The third kappa shape index (κ3) is 3.44. The predicted octanol–water partition coefficient (Wildman–Crippen LogP) is 3.35. The van der Waals surface area contributed by atoms with Gasteiger partial charge in [-0.3, -0.25) is 0 Å². The summed E-state index contributed by atoms with van der Waals surface area (Å²) in [6.45, 7) is 3.94. The molecule has 1 aromatic carbocycles. The van der Waals surface area contributed by atoms with E-state index in [4.69, 9.17) is 17.3 Å². The van der Waals surface area contributed by atoms with Gasteiger partial charge in [0.05, 0.1) is 5.02 Å². The first-order valence-electron chi connectivity index (χ1n) is 6.00. The van der Waals surface area contributed by atoms with Crippen LogP contribution in [0.1, 0.15) is 24.9 Å². The molecular formula is C13H18BrClN2. The Morgan fingerprint density at radius 2 is 2.29 bits per heavy atom. The highest BCUT2D eigenvalue weighted by Gasteiger charge is 2.32. The second kappa shape index (κ2) is 5.70. The van der Waals surface area contributed by atoms with E-state index in [1.807, 2.05) is 12.1 Å². The summed E-state index contributed by atoms with van der Waals surface area (Å²) < 4.78 is 0.925. The molecule has 0 bridgehead atoms. The number of nitrogens with two attached hydrogens (primary N) is 1. The van der Waals surface area contributed by atoms with Crippen LogP contribution >= 0.6 is 27.5 Å². The molecule has 1 saturated carbocycles. The fourth-order valence-corrected chi connectivity index (χ4v) is 2.48. The van der Waals surface area contributed by atoms with Crippen LogP contribution in [0.3, 0.4) is 0 Å². The molecule has 3 unspecified atom stereocenters. The molecule has 0 heterocycles. The highest BCUT2D eigenvalue weighted by molar-refractivity contribution is 9.10. The van der Waals surface area contributed by atoms with Gasteiger partial charge in [0.25, 0.3) is 0 Å². The van der Waals surface area contributed by atoms with Crippen molar-refractivity contribution < 1.29 is 0 Å². The van der Waals surface area contributed by atoms with E-state index in [2.05, 4.69) is 34.2 Å². The normalized spacial score (nSPS) is 24.7. The lowest BCUT2D eigenvalue weighted by molar-refractivity contribution is 0.511. The number of benzene rings is 1. The number of hydrogen-bond acceptors (Lipinski definition) is 2. The Morgan fingerprint density at radius 1 is 1.59 bits per heavy atom. The average molecular weight is 318 g/mol. The standard InChI is InChI=1S/C13H18BrClN2/c1-8-4-10(8)7-17-13(6-16)9-2-3-11(14)12(15)5-9/h2-3,5,8,10,13,17H,4,6-7,16H2,1H3. The molecule has 1 aliphatic rings. The van der Waals surface area contributed by atoms with Crippen LogP contribution in [-0.2, 0) is 0 Å². The van der Waals surface area contributed by atoms with Crippen LogP contribution in [0.4, 0.5) is 0 Å². The van der Waals surface area contributed by atoms with Crippen LogP contribution in [0, 0.1) is 11.8 Å². The number of nitrogens with one attached hydrogen (secondary N) is 1. The first-order valence-corrected chi connectivity index (χ1v) is 7.17. The van der Waals surface area contributed by atoms with Gasteiger partial charge in [0.1, 0.15) is 0 Å². The molecule has 2 rings (SSSR count). The van der Waals surface area contributed by atoms with Gasteiger partial charge in [-0.15, -0.1) is 0 Å². The van der Waals surface area contributed by atoms with Gasteiger partial charge in [-0.1, -0.05) is 24.6 Å². The highest BCUT2D eigenvalue weighted by Crippen LogP contribution is 2.37. The van der Waals surface area contributed by atoms with Crippen LogP contribution in [0.25, 0.3) is 0 Å².